The molecule has 22 heavy (non-hydrogen) atoms. The van der Waals surface area contributed by atoms with Crippen molar-refractivity contribution in [2.75, 3.05) is 26.3 Å². The van der Waals surface area contributed by atoms with Gasteiger partial charge < -0.3 is 25.4 Å². The molecule has 0 spiro atoms. The molecular weight excluding hydrogens is 281 g/mol. The summed E-state index contributed by atoms with van der Waals surface area (Å²) in [5.41, 5.74) is 12.9. The van der Waals surface area contributed by atoms with Gasteiger partial charge in [-0.3, -0.25) is 4.98 Å². The van der Waals surface area contributed by atoms with Crippen LogP contribution >= 0.6 is 0 Å². The van der Waals surface area contributed by atoms with Crippen LogP contribution in [0.2, 0.25) is 0 Å². The minimum atomic E-state index is -0.809. The van der Waals surface area contributed by atoms with Crippen LogP contribution in [-0.2, 0) is 9.31 Å². The van der Waals surface area contributed by atoms with Crippen LogP contribution in [0.1, 0.15) is 0 Å². The largest absolute Gasteiger partial charge is 0.713 e. The molecule has 0 aliphatic rings. The van der Waals surface area contributed by atoms with E-state index in [0.717, 1.165) is 11.1 Å². The van der Waals surface area contributed by atoms with E-state index in [2.05, 4.69) is 4.98 Å². The topological polar surface area (TPSA) is 92.6 Å². The Morgan fingerprint density at radius 3 is 2.14 bits per heavy atom. The van der Waals surface area contributed by atoms with E-state index in [1.807, 2.05) is 42.6 Å². The summed E-state index contributed by atoms with van der Waals surface area (Å²) in [4.78, 5) is 4.10. The third-order valence-corrected chi connectivity index (χ3v) is 2.83. The highest BCUT2D eigenvalue weighted by Gasteiger charge is 2.23. The number of aromatic nitrogens is 1. The lowest BCUT2D eigenvalue weighted by atomic mass is 10.1. The lowest BCUT2D eigenvalue weighted by molar-refractivity contribution is 0.147. The van der Waals surface area contributed by atoms with Gasteiger partial charge in [-0.2, -0.15) is 0 Å². The molecule has 2 aromatic rings. The van der Waals surface area contributed by atoms with Gasteiger partial charge in [-0.25, -0.2) is 0 Å². The average Bonchev–Trinajstić information content (AvgIpc) is 2.58. The second kappa shape index (κ2) is 9.17. The first-order chi connectivity index (χ1) is 10.8. The normalized spacial score (nSPS) is 10.5. The fourth-order valence-electron chi connectivity index (χ4n) is 1.82. The van der Waals surface area contributed by atoms with Crippen LogP contribution < -0.4 is 16.1 Å². The maximum atomic E-state index is 5.64. The molecule has 0 radical (unpaired) electrons. The van der Waals surface area contributed by atoms with Gasteiger partial charge in [-0.1, -0.05) is 18.2 Å². The molecular formula is C15H20BN3O3. The molecule has 0 bridgehead atoms. The van der Waals surface area contributed by atoms with Crippen LogP contribution in [0.3, 0.4) is 0 Å². The maximum Gasteiger partial charge on any atom is 0.713 e. The molecule has 0 saturated carbocycles. The number of nitrogens with two attached hydrogens (primary N) is 2. The molecule has 0 aliphatic heterocycles. The highest BCUT2D eigenvalue weighted by molar-refractivity contribution is 6.37. The molecule has 0 fully saturated rings. The molecule has 0 aliphatic carbocycles. The van der Waals surface area contributed by atoms with Crippen LogP contribution in [-0.4, -0.2) is 38.6 Å². The Balaban J connectivity index is 1.99. The molecule has 0 saturated heterocycles. The predicted molar refractivity (Wildman–Crippen MR) is 86.1 cm³/mol. The van der Waals surface area contributed by atoms with Crippen molar-refractivity contribution in [2.45, 2.75) is 0 Å². The summed E-state index contributed by atoms with van der Waals surface area (Å²) >= 11 is 0. The van der Waals surface area contributed by atoms with Crippen molar-refractivity contribution in [2.24, 2.45) is 11.5 Å². The number of hydrogen-bond donors (Lipinski definition) is 2. The molecule has 0 unspecified atom stereocenters. The van der Waals surface area contributed by atoms with Gasteiger partial charge in [-0.15, -0.1) is 0 Å². The predicted octanol–water partition coefficient (Wildman–Crippen LogP) is 1.06. The molecule has 2 rings (SSSR count). The summed E-state index contributed by atoms with van der Waals surface area (Å²) in [6.07, 6.45) is 3.56. The quantitative estimate of drug-likeness (QED) is 0.673. The molecule has 1 aromatic heterocycles. The van der Waals surface area contributed by atoms with E-state index < -0.39 is 7.32 Å². The smallest absolute Gasteiger partial charge is 0.512 e. The zero-order chi connectivity index (χ0) is 15.6. The Labute approximate surface area is 130 Å². The van der Waals surface area contributed by atoms with Crippen molar-refractivity contribution in [3.63, 3.8) is 0 Å². The molecule has 0 atom stereocenters. The number of nitrogens with zero attached hydrogens (tertiary/aromatic N) is 1. The van der Waals surface area contributed by atoms with Gasteiger partial charge in [-0.05, 0) is 29.3 Å². The summed E-state index contributed by atoms with van der Waals surface area (Å²) in [6, 6.07) is 11.5. The lowest BCUT2D eigenvalue weighted by Crippen LogP contribution is -2.34. The molecule has 116 valence electrons. The van der Waals surface area contributed by atoms with Crippen molar-refractivity contribution in [3.05, 3.63) is 48.8 Å². The number of hydrogen-bond acceptors (Lipinski definition) is 6. The Morgan fingerprint density at radius 1 is 0.909 bits per heavy atom. The Morgan fingerprint density at radius 2 is 1.59 bits per heavy atom. The van der Waals surface area contributed by atoms with Gasteiger partial charge in [0.25, 0.3) is 0 Å². The number of rotatable bonds is 9. The van der Waals surface area contributed by atoms with Crippen molar-refractivity contribution < 1.29 is 14.0 Å². The van der Waals surface area contributed by atoms with Crippen molar-refractivity contribution in [1.29, 1.82) is 0 Å². The second-order valence-corrected chi connectivity index (χ2v) is 4.49. The third kappa shape index (κ3) is 5.12. The Kier molecular flexibility index (Phi) is 6.85. The summed E-state index contributed by atoms with van der Waals surface area (Å²) in [5.74, 6) is 0.645. The third-order valence-electron chi connectivity index (χ3n) is 2.83. The van der Waals surface area contributed by atoms with Gasteiger partial charge in [0.2, 0.25) is 0 Å². The molecule has 7 heteroatoms. The van der Waals surface area contributed by atoms with Crippen LogP contribution in [0.5, 0.6) is 5.75 Å². The first kappa shape index (κ1) is 16.4. The minimum absolute atomic E-state index is 0.350. The van der Waals surface area contributed by atoms with E-state index in [1.54, 1.807) is 6.20 Å². The van der Waals surface area contributed by atoms with Crippen molar-refractivity contribution in [1.82, 2.24) is 4.98 Å². The highest BCUT2D eigenvalue weighted by atomic mass is 16.7. The van der Waals surface area contributed by atoms with E-state index in [9.17, 15) is 0 Å². The van der Waals surface area contributed by atoms with Crippen molar-refractivity contribution >= 4 is 7.32 Å². The van der Waals surface area contributed by atoms with E-state index in [-0.39, 0.29) is 0 Å². The second-order valence-electron chi connectivity index (χ2n) is 4.49. The summed E-state index contributed by atoms with van der Waals surface area (Å²) < 4.78 is 16.4. The fraction of sp³-hybridized carbons (Fsp3) is 0.267. The lowest BCUT2D eigenvalue weighted by Gasteiger charge is -2.14. The Hall–Kier alpha value is -1.93. The molecule has 0 amide bonds. The summed E-state index contributed by atoms with van der Waals surface area (Å²) in [7, 11) is -0.809. The molecule has 1 aromatic carbocycles. The van der Waals surface area contributed by atoms with Gasteiger partial charge in [0.15, 0.2) is 0 Å². The van der Waals surface area contributed by atoms with Crippen molar-refractivity contribution in [3.8, 4) is 16.9 Å². The van der Waals surface area contributed by atoms with Crippen LogP contribution in [0, 0.1) is 0 Å². The van der Waals surface area contributed by atoms with Gasteiger partial charge in [0.05, 0.1) is 0 Å². The van der Waals surface area contributed by atoms with E-state index in [4.69, 9.17) is 25.4 Å². The maximum absolute atomic E-state index is 5.64. The van der Waals surface area contributed by atoms with E-state index >= 15 is 0 Å². The first-order valence-corrected chi connectivity index (χ1v) is 7.14. The standard InChI is InChI=1S/C15H20BN3O3/c17-7-10-20-16(21-11-8-18)22-15-5-3-13(4-6-15)14-2-1-9-19-12-14/h1-6,9,12H,7-8,10-11,17-18H2. The highest BCUT2D eigenvalue weighted by Crippen LogP contribution is 2.21. The van der Waals surface area contributed by atoms with Gasteiger partial charge in [0, 0.05) is 38.7 Å². The van der Waals surface area contributed by atoms with Crippen LogP contribution in [0.25, 0.3) is 11.1 Å². The zero-order valence-electron chi connectivity index (χ0n) is 12.4. The SMILES string of the molecule is NCCOB(OCCN)Oc1ccc(-c2cccnc2)cc1. The van der Waals surface area contributed by atoms with Crippen LogP contribution in [0.15, 0.2) is 48.8 Å². The minimum Gasteiger partial charge on any atom is -0.512 e. The van der Waals surface area contributed by atoms with E-state index in [1.165, 1.54) is 0 Å². The van der Waals surface area contributed by atoms with Crippen LogP contribution in [0.4, 0.5) is 0 Å². The number of benzene rings is 1. The molecule has 1 heterocycles. The molecule has 4 N–H and O–H groups in total. The molecule has 6 nitrogen and oxygen atoms in total. The summed E-state index contributed by atoms with van der Waals surface area (Å²) in [6.45, 7) is 1.49. The zero-order valence-corrected chi connectivity index (χ0v) is 12.4. The first-order valence-electron chi connectivity index (χ1n) is 7.14. The van der Waals surface area contributed by atoms with E-state index in [0.29, 0.717) is 32.1 Å². The van der Waals surface area contributed by atoms with Gasteiger partial charge in [0.1, 0.15) is 5.75 Å². The monoisotopic (exact) mass is 301 g/mol. The average molecular weight is 301 g/mol. The Bertz CT molecular complexity index is 531. The number of pyridine rings is 1. The fourth-order valence-corrected chi connectivity index (χ4v) is 1.82. The van der Waals surface area contributed by atoms with Gasteiger partial charge >= 0.3 is 7.32 Å². The summed E-state index contributed by atoms with van der Waals surface area (Å²) in [5, 5.41) is 0.